The van der Waals surface area contributed by atoms with Crippen molar-refractivity contribution in [2.45, 2.75) is 11.7 Å². The molecule has 0 spiro atoms. The third kappa shape index (κ3) is 3.38. The second-order valence-corrected chi connectivity index (χ2v) is 8.90. The van der Waals surface area contributed by atoms with E-state index in [1.54, 1.807) is 30.3 Å². The Labute approximate surface area is 160 Å². The molecule has 0 aromatic heterocycles. The molecule has 9 heteroatoms. The summed E-state index contributed by atoms with van der Waals surface area (Å²) in [6.07, 6.45) is -0.126. The van der Waals surface area contributed by atoms with Crippen molar-refractivity contribution < 1.29 is 27.5 Å². The highest BCUT2D eigenvalue weighted by molar-refractivity contribution is 7.93. The lowest BCUT2D eigenvalue weighted by atomic mass is 9.99. The largest absolute Gasteiger partial charge is 0.454 e. The van der Waals surface area contributed by atoms with Crippen LogP contribution in [0.1, 0.15) is 15.9 Å². The van der Waals surface area contributed by atoms with Gasteiger partial charge in [-0.15, -0.1) is 0 Å². The molecule has 1 unspecified atom stereocenters. The first-order chi connectivity index (χ1) is 12.8. The van der Waals surface area contributed by atoms with Gasteiger partial charge in [-0.3, -0.25) is 9.59 Å². The Balaban J connectivity index is 1.68. The molecule has 0 saturated carbocycles. The number of Topliss-reactive ketones (excluding diaryl/α,β-unsaturated/α-hetero) is 1. The molecule has 2 aliphatic rings. The predicted octanol–water partition coefficient (Wildman–Crippen LogP) is 2.23. The van der Waals surface area contributed by atoms with Crippen molar-refractivity contribution in [1.29, 1.82) is 0 Å². The summed E-state index contributed by atoms with van der Waals surface area (Å²) in [5, 5.41) is 1.68. The van der Waals surface area contributed by atoms with Gasteiger partial charge < -0.3 is 14.8 Å². The molecular weight excluding hydrogens is 394 g/mol. The third-order valence-electron chi connectivity index (χ3n) is 4.47. The molecule has 4 rings (SSSR count). The van der Waals surface area contributed by atoms with Gasteiger partial charge >= 0.3 is 0 Å². The van der Waals surface area contributed by atoms with Gasteiger partial charge in [-0.2, -0.15) is 0 Å². The van der Waals surface area contributed by atoms with Crippen LogP contribution in [0.25, 0.3) is 0 Å². The van der Waals surface area contributed by atoms with Gasteiger partial charge in [0.05, 0.1) is 0 Å². The normalized spacial score (nSPS) is 19.9. The first-order valence-corrected chi connectivity index (χ1v) is 10.2. The molecule has 140 valence electrons. The lowest BCUT2D eigenvalue weighted by molar-refractivity contribution is -0.115. The van der Waals surface area contributed by atoms with Gasteiger partial charge in [0, 0.05) is 16.3 Å². The van der Waals surface area contributed by atoms with E-state index in [2.05, 4.69) is 5.32 Å². The Hall–Kier alpha value is -2.58. The van der Waals surface area contributed by atoms with E-state index < -0.39 is 32.5 Å². The second kappa shape index (κ2) is 6.54. The van der Waals surface area contributed by atoms with E-state index in [-0.39, 0.29) is 18.8 Å². The molecule has 1 amide bonds. The van der Waals surface area contributed by atoms with Crippen LogP contribution in [-0.4, -0.2) is 37.9 Å². The summed E-state index contributed by atoms with van der Waals surface area (Å²) in [4.78, 5) is 25.1. The van der Waals surface area contributed by atoms with Crippen LogP contribution in [0.2, 0.25) is 5.02 Å². The van der Waals surface area contributed by atoms with E-state index in [0.717, 1.165) is 0 Å². The lowest BCUT2D eigenvalue weighted by Crippen LogP contribution is -2.38. The number of fused-ring (bicyclic) bond motifs is 2. The number of ether oxygens (including phenoxy) is 2. The van der Waals surface area contributed by atoms with Gasteiger partial charge in [0.15, 0.2) is 27.1 Å². The standard InChI is InChI=1S/C18H14ClNO6S/c19-11-1-3-12(4-2-11)20-18(22)17-6-10-5-15-16(26-9-25-15)7-13(10)14(21)8-27(17,23)24/h1-5,7,17H,6,8-9H2,(H,20,22). The van der Waals surface area contributed by atoms with Crippen molar-refractivity contribution in [3.05, 3.63) is 52.5 Å². The van der Waals surface area contributed by atoms with Crippen LogP contribution in [0.4, 0.5) is 5.69 Å². The smallest absolute Gasteiger partial charge is 0.243 e. The summed E-state index contributed by atoms with van der Waals surface area (Å²) in [6.45, 7) is 0.0329. The first kappa shape index (κ1) is 17.8. The lowest BCUT2D eigenvalue weighted by Gasteiger charge is -2.15. The number of hydrogen-bond acceptors (Lipinski definition) is 6. The fraction of sp³-hybridized carbons (Fsp3) is 0.222. The maximum absolute atomic E-state index is 12.7. The number of ketones is 1. The number of nitrogens with one attached hydrogen (secondary N) is 1. The Morgan fingerprint density at radius 3 is 2.48 bits per heavy atom. The Kier molecular flexibility index (Phi) is 4.32. The Morgan fingerprint density at radius 2 is 1.78 bits per heavy atom. The third-order valence-corrected chi connectivity index (χ3v) is 6.64. The highest BCUT2D eigenvalue weighted by atomic mass is 35.5. The number of halogens is 1. The van der Waals surface area contributed by atoms with E-state index in [9.17, 15) is 18.0 Å². The molecule has 1 atom stereocenters. The highest BCUT2D eigenvalue weighted by Gasteiger charge is 2.39. The number of sulfone groups is 1. The van der Waals surface area contributed by atoms with Crippen molar-refractivity contribution in [3.8, 4) is 11.5 Å². The van der Waals surface area contributed by atoms with E-state index in [4.69, 9.17) is 21.1 Å². The van der Waals surface area contributed by atoms with E-state index in [1.807, 2.05) is 0 Å². The van der Waals surface area contributed by atoms with Crippen molar-refractivity contribution >= 4 is 38.8 Å². The minimum Gasteiger partial charge on any atom is -0.454 e. The summed E-state index contributed by atoms with van der Waals surface area (Å²) in [5.41, 5.74) is 1.10. The molecule has 2 aromatic rings. The minimum absolute atomic E-state index is 0.0329. The molecule has 7 nitrogen and oxygen atoms in total. The predicted molar refractivity (Wildman–Crippen MR) is 98.3 cm³/mol. The molecule has 0 bridgehead atoms. The Morgan fingerprint density at radius 1 is 1.11 bits per heavy atom. The van der Waals surface area contributed by atoms with Crippen LogP contribution < -0.4 is 14.8 Å². The number of rotatable bonds is 2. The summed E-state index contributed by atoms with van der Waals surface area (Å²) >= 11 is 5.81. The second-order valence-electron chi connectivity index (χ2n) is 6.28. The van der Waals surface area contributed by atoms with Crippen LogP contribution in [0.15, 0.2) is 36.4 Å². The SMILES string of the molecule is O=C1CS(=O)(=O)C(C(=O)Nc2ccc(Cl)cc2)Cc2cc3c(cc21)OCO3. The fourth-order valence-corrected chi connectivity index (χ4v) is 4.78. The molecule has 1 N–H and O–H groups in total. The molecular formula is C18H14ClNO6S. The van der Waals surface area contributed by atoms with E-state index in [1.165, 1.54) is 6.07 Å². The topological polar surface area (TPSA) is 98.8 Å². The van der Waals surface area contributed by atoms with Gasteiger partial charge in [-0.25, -0.2) is 8.42 Å². The van der Waals surface area contributed by atoms with Gasteiger partial charge in [0.1, 0.15) is 11.0 Å². The van der Waals surface area contributed by atoms with Crippen LogP contribution in [0.5, 0.6) is 11.5 Å². The molecule has 2 aliphatic heterocycles. The van der Waals surface area contributed by atoms with Crippen molar-refractivity contribution in [3.63, 3.8) is 0 Å². The van der Waals surface area contributed by atoms with Crippen molar-refractivity contribution in [2.24, 2.45) is 0 Å². The number of carbonyl (C=O) groups excluding carboxylic acids is 2. The van der Waals surface area contributed by atoms with Crippen molar-refractivity contribution in [1.82, 2.24) is 0 Å². The molecule has 2 heterocycles. The zero-order valence-electron chi connectivity index (χ0n) is 13.9. The Bertz CT molecular complexity index is 1050. The summed E-state index contributed by atoms with van der Waals surface area (Å²) < 4.78 is 35.9. The zero-order valence-corrected chi connectivity index (χ0v) is 15.5. The number of anilines is 1. The molecule has 0 radical (unpaired) electrons. The van der Waals surface area contributed by atoms with Gasteiger partial charge in [-0.05, 0) is 48.4 Å². The monoisotopic (exact) mass is 407 g/mol. The summed E-state index contributed by atoms with van der Waals surface area (Å²) in [5.74, 6) is -1.18. The highest BCUT2D eigenvalue weighted by Crippen LogP contribution is 2.37. The summed E-state index contributed by atoms with van der Waals surface area (Å²) in [6, 6.07) is 9.35. The quantitative estimate of drug-likeness (QED) is 0.819. The van der Waals surface area contributed by atoms with Crippen LogP contribution in [-0.2, 0) is 21.1 Å². The van der Waals surface area contributed by atoms with Crippen LogP contribution >= 0.6 is 11.6 Å². The number of hydrogen-bond donors (Lipinski definition) is 1. The average Bonchev–Trinajstić information content (AvgIpc) is 3.03. The summed E-state index contributed by atoms with van der Waals surface area (Å²) in [7, 11) is -3.99. The van der Waals surface area contributed by atoms with E-state index >= 15 is 0 Å². The molecule has 0 fully saturated rings. The maximum Gasteiger partial charge on any atom is 0.243 e. The number of carbonyl (C=O) groups is 2. The van der Waals surface area contributed by atoms with E-state index in [0.29, 0.717) is 27.8 Å². The van der Waals surface area contributed by atoms with Crippen LogP contribution in [0, 0.1) is 0 Å². The molecule has 27 heavy (non-hydrogen) atoms. The van der Waals surface area contributed by atoms with Gasteiger partial charge in [-0.1, -0.05) is 11.6 Å². The number of benzene rings is 2. The molecule has 0 aliphatic carbocycles. The van der Waals surface area contributed by atoms with Gasteiger partial charge in [0.25, 0.3) is 0 Å². The molecule has 0 saturated heterocycles. The fourth-order valence-electron chi connectivity index (χ4n) is 3.11. The first-order valence-electron chi connectivity index (χ1n) is 8.07. The zero-order chi connectivity index (χ0) is 19.2. The minimum atomic E-state index is -3.99. The maximum atomic E-state index is 12.7. The molecule has 2 aromatic carbocycles. The van der Waals surface area contributed by atoms with Gasteiger partial charge in [0.2, 0.25) is 12.7 Å². The van der Waals surface area contributed by atoms with Crippen molar-refractivity contribution in [2.75, 3.05) is 17.9 Å². The number of amides is 1. The van der Waals surface area contributed by atoms with Crippen LogP contribution in [0.3, 0.4) is 0 Å². The average molecular weight is 408 g/mol.